The average molecular weight is 392 g/mol. The number of nitrogens with one attached hydrogen (secondary N) is 1. The summed E-state index contributed by atoms with van der Waals surface area (Å²) in [6.45, 7) is 8.05. The van der Waals surface area contributed by atoms with E-state index in [1.54, 1.807) is 11.0 Å². The van der Waals surface area contributed by atoms with Crippen LogP contribution in [0.1, 0.15) is 32.5 Å². The molecule has 1 fully saturated rings. The van der Waals surface area contributed by atoms with Crippen molar-refractivity contribution < 1.29 is 0 Å². The third-order valence-corrected chi connectivity index (χ3v) is 3.47. The molecule has 1 aromatic heterocycles. The molecule has 20 heavy (non-hydrogen) atoms. The van der Waals surface area contributed by atoms with Gasteiger partial charge in [0.1, 0.15) is 18.7 Å². The zero-order chi connectivity index (χ0) is 13.7. The molecule has 1 unspecified atom stereocenters. The molecule has 1 aromatic rings. The topological polar surface area (TPSA) is 58.3 Å². The molecule has 6 nitrogen and oxygen atoms in total. The highest BCUT2D eigenvalue weighted by atomic mass is 127. The molecule has 1 aliphatic rings. The maximum atomic E-state index is 4.68. The summed E-state index contributed by atoms with van der Waals surface area (Å²) in [7, 11) is 1.90. The molecule has 0 saturated carbocycles. The fourth-order valence-corrected chi connectivity index (χ4v) is 2.42. The maximum absolute atomic E-state index is 4.68. The molecule has 0 radical (unpaired) electrons. The molecule has 0 aromatic carbocycles. The van der Waals surface area contributed by atoms with Crippen LogP contribution < -0.4 is 5.32 Å². The van der Waals surface area contributed by atoms with Crippen LogP contribution >= 0.6 is 24.0 Å². The number of rotatable bonds is 3. The second-order valence-corrected chi connectivity index (χ2v) is 5.16. The van der Waals surface area contributed by atoms with Gasteiger partial charge < -0.3 is 10.2 Å². The summed E-state index contributed by atoms with van der Waals surface area (Å²) in [4.78, 5) is 11.2. The lowest BCUT2D eigenvalue weighted by atomic mass is 10.0. The summed E-state index contributed by atoms with van der Waals surface area (Å²) in [6, 6.07) is 0. The Balaban J connectivity index is 0.00000200. The Morgan fingerprint density at radius 2 is 2.35 bits per heavy atom. The first-order chi connectivity index (χ1) is 9.20. The van der Waals surface area contributed by atoms with E-state index in [0.29, 0.717) is 6.54 Å². The van der Waals surface area contributed by atoms with Crippen molar-refractivity contribution in [2.45, 2.75) is 33.2 Å². The lowest BCUT2D eigenvalue weighted by molar-refractivity contribution is 0.266. The summed E-state index contributed by atoms with van der Waals surface area (Å²) in [5.41, 5.74) is 0. The quantitative estimate of drug-likeness (QED) is 0.483. The van der Waals surface area contributed by atoms with Crippen LogP contribution in [-0.2, 0) is 13.6 Å². The first kappa shape index (κ1) is 17.2. The number of aliphatic imine (C=N–C) groups is 1. The summed E-state index contributed by atoms with van der Waals surface area (Å²) in [6.07, 6.45) is 4.13. The zero-order valence-corrected chi connectivity index (χ0v) is 14.9. The van der Waals surface area contributed by atoms with Gasteiger partial charge in [-0.05, 0) is 25.7 Å². The Morgan fingerprint density at radius 3 is 2.95 bits per heavy atom. The second-order valence-electron chi connectivity index (χ2n) is 5.16. The lowest BCUT2D eigenvalue weighted by Gasteiger charge is -2.33. The van der Waals surface area contributed by atoms with Gasteiger partial charge >= 0.3 is 0 Å². The highest BCUT2D eigenvalue weighted by Crippen LogP contribution is 2.15. The fourth-order valence-electron chi connectivity index (χ4n) is 2.42. The van der Waals surface area contributed by atoms with E-state index >= 15 is 0 Å². The Bertz CT molecular complexity index is 430. The molecular weight excluding hydrogens is 367 g/mol. The highest BCUT2D eigenvalue weighted by Gasteiger charge is 2.19. The largest absolute Gasteiger partial charge is 0.357 e. The van der Waals surface area contributed by atoms with Crippen LogP contribution in [0.5, 0.6) is 0 Å². The van der Waals surface area contributed by atoms with E-state index in [1.165, 1.54) is 12.8 Å². The number of piperidine rings is 1. The molecule has 1 N–H and O–H groups in total. The Morgan fingerprint density at radius 1 is 1.55 bits per heavy atom. The first-order valence-electron chi connectivity index (χ1n) is 7.06. The molecule has 114 valence electrons. The number of hydrogen-bond acceptors (Lipinski definition) is 3. The van der Waals surface area contributed by atoms with Crippen LogP contribution in [0.3, 0.4) is 0 Å². The van der Waals surface area contributed by atoms with Crippen LogP contribution in [0.2, 0.25) is 0 Å². The molecule has 0 spiro atoms. The molecule has 0 amide bonds. The minimum absolute atomic E-state index is 0. The van der Waals surface area contributed by atoms with Crippen LogP contribution in [0, 0.1) is 5.92 Å². The number of guanidine groups is 1. The van der Waals surface area contributed by atoms with Gasteiger partial charge in [-0.25, -0.2) is 9.98 Å². The van der Waals surface area contributed by atoms with Gasteiger partial charge in [0.2, 0.25) is 0 Å². The lowest BCUT2D eigenvalue weighted by Crippen LogP contribution is -2.46. The highest BCUT2D eigenvalue weighted by molar-refractivity contribution is 14.0. The third-order valence-electron chi connectivity index (χ3n) is 3.47. The van der Waals surface area contributed by atoms with Crippen LogP contribution in [0.4, 0.5) is 0 Å². The minimum Gasteiger partial charge on any atom is -0.357 e. The number of nitrogens with zero attached hydrogens (tertiary/aromatic N) is 5. The number of halogens is 1. The van der Waals surface area contributed by atoms with Crippen molar-refractivity contribution in [1.29, 1.82) is 0 Å². The van der Waals surface area contributed by atoms with Crippen molar-refractivity contribution in [3.63, 3.8) is 0 Å². The summed E-state index contributed by atoms with van der Waals surface area (Å²) >= 11 is 0. The Labute approximate surface area is 138 Å². The van der Waals surface area contributed by atoms with Gasteiger partial charge in [-0.2, -0.15) is 5.10 Å². The van der Waals surface area contributed by atoms with E-state index in [2.05, 4.69) is 39.1 Å². The first-order valence-corrected chi connectivity index (χ1v) is 7.06. The van der Waals surface area contributed by atoms with E-state index < -0.39 is 0 Å². The molecule has 1 atom stereocenters. The smallest absolute Gasteiger partial charge is 0.194 e. The summed E-state index contributed by atoms with van der Waals surface area (Å²) < 4.78 is 1.77. The molecule has 2 heterocycles. The van der Waals surface area contributed by atoms with E-state index in [9.17, 15) is 0 Å². The van der Waals surface area contributed by atoms with Crippen molar-refractivity contribution in [2.24, 2.45) is 18.0 Å². The number of aromatic nitrogens is 3. The Kier molecular flexibility index (Phi) is 7.25. The van der Waals surface area contributed by atoms with Gasteiger partial charge in [0.05, 0.1) is 0 Å². The zero-order valence-electron chi connectivity index (χ0n) is 12.5. The van der Waals surface area contributed by atoms with Crippen molar-refractivity contribution in [2.75, 3.05) is 19.6 Å². The molecule has 2 rings (SSSR count). The molecule has 0 bridgehead atoms. The van der Waals surface area contributed by atoms with Gasteiger partial charge in [-0.3, -0.25) is 4.68 Å². The molecule has 0 aliphatic carbocycles. The maximum Gasteiger partial charge on any atom is 0.194 e. The predicted octanol–water partition coefficient (Wildman–Crippen LogP) is 1.63. The summed E-state index contributed by atoms with van der Waals surface area (Å²) in [5, 5.41) is 7.44. The average Bonchev–Trinajstić information content (AvgIpc) is 2.80. The van der Waals surface area contributed by atoms with E-state index in [0.717, 1.165) is 37.3 Å². The minimum atomic E-state index is 0. The number of hydrogen-bond donors (Lipinski definition) is 1. The van der Waals surface area contributed by atoms with Gasteiger partial charge in [0.25, 0.3) is 0 Å². The predicted molar refractivity (Wildman–Crippen MR) is 91.2 cm³/mol. The van der Waals surface area contributed by atoms with E-state index in [4.69, 9.17) is 0 Å². The van der Waals surface area contributed by atoms with Crippen molar-refractivity contribution >= 4 is 29.9 Å². The number of likely N-dealkylation sites (tertiary alicyclic amines) is 1. The van der Waals surface area contributed by atoms with E-state index in [1.807, 2.05) is 7.05 Å². The van der Waals surface area contributed by atoms with Gasteiger partial charge in [-0.15, -0.1) is 24.0 Å². The number of aryl methyl sites for hydroxylation is 1. The SMILES string of the molecule is CCNC(=NCc1ncnn1C)N1CCCC(C)C1.I. The standard InChI is InChI=1S/C13H24N6.HI/c1-4-14-13(19-7-5-6-11(2)9-19)15-8-12-16-10-17-18(12)3;/h10-11H,4-9H2,1-3H3,(H,14,15);1H. The Hall–Kier alpha value is -0.860. The van der Waals surface area contributed by atoms with Crippen molar-refractivity contribution in [3.8, 4) is 0 Å². The molecule has 7 heteroatoms. The monoisotopic (exact) mass is 392 g/mol. The second kappa shape index (κ2) is 8.43. The summed E-state index contributed by atoms with van der Waals surface area (Å²) in [5.74, 6) is 2.63. The van der Waals surface area contributed by atoms with Gasteiger partial charge in [0.15, 0.2) is 5.96 Å². The normalized spacial score (nSPS) is 19.6. The molecule has 1 aliphatic heterocycles. The van der Waals surface area contributed by atoms with Crippen molar-refractivity contribution in [3.05, 3.63) is 12.2 Å². The van der Waals surface area contributed by atoms with Gasteiger partial charge in [0, 0.05) is 26.7 Å². The molecular formula is C13H25IN6. The van der Waals surface area contributed by atoms with Crippen LogP contribution in [-0.4, -0.2) is 45.3 Å². The van der Waals surface area contributed by atoms with Crippen molar-refractivity contribution in [1.82, 2.24) is 25.0 Å². The molecule has 1 saturated heterocycles. The van der Waals surface area contributed by atoms with Gasteiger partial charge in [-0.1, -0.05) is 6.92 Å². The van der Waals surface area contributed by atoms with Crippen LogP contribution in [0.25, 0.3) is 0 Å². The van der Waals surface area contributed by atoms with E-state index in [-0.39, 0.29) is 24.0 Å². The fraction of sp³-hybridized carbons (Fsp3) is 0.769. The van der Waals surface area contributed by atoms with Crippen LogP contribution in [0.15, 0.2) is 11.3 Å². The third kappa shape index (κ3) is 4.60.